The fourth-order valence-corrected chi connectivity index (χ4v) is 4.26. The molecule has 4 rings (SSSR count). The third kappa shape index (κ3) is 4.95. The Hall–Kier alpha value is -3.17. The van der Waals surface area contributed by atoms with Crippen molar-refractivity contribution in [3.63, 3.8) is 0 Å². The second-order valence-corrected chi connectivity index (χ2v) is 8.11. The lowest BCUT2D eigenvalue weighted by atomic mass is 9.93. The Balaban J connectivity index is 1.46. The van der Waals surface area contributed by atoms with Crippen LogP contribution in [0.5, 0.6) is 5.75 Å². The molecule has 3 heteroatoms. The third-order valence-corrected chi connectivity index (χ3v) is 5.96. The van der Waals surface area contributed by atoms with Gasteiger partial charge in [-0.15, -0.1) is 0 Å². The first kappa shape index (κ1) is 21.1. The van der Waals surface area contributed by atoms with Crippen LogP contribution in [-0.4, -0.2) is 37.9 Å². The molecular formula is C28H29NO2. The monoisotopic (exact) mass is 411 g/mol. The van der Waals surface area contributed by atoms with E-state index in [2.05, 4.69) is 59.5 Å². The van der Waals surface area contributed by atoms with Crippen LogP contribution < -0.4 is 4.74 Å². The number of fused-ring (bicyclic) bond motifs is 2. The molecule has 0 spiro atoms. The fourth-order valence-electron chi connectivity index (χ4n) is 4.26. The summed E-state index contributed by atoms with van der Waals surface area (Å²) in [6.45, 7) is 1.23. The van der Waals surface area contributed by atoms with Gasteiger partial charge >= 0.3 is 0 Å². The second kappa shape index (κ2) is 9.76. The van der Waals surface area contributed by atoms with Crippen LogP contribution in [0.25, 0.3) is 5.57 Å². The molecule has 0 amide bonds. The van der Waals surface area contributed by atoms with Gasteiger partial charge in [-0.3, -0.25) is 9.69 Å². The molecule has 0 fully saturated rings. The van der Waals surface area contributed by atoms with Gasteiger partial charge in [0.2, 0.25) is 0 Å². The minimum absolute atomic E-state index is 0.128. The summed E-state index contributed by atoms with van der Waals surface area (Å²) in [6, 6.07) is 24.8. The normalized spacial score (nSPS) is 12.7. The number of benzene rings is 3. The zero-order chi connectivity index (χ0) is 21.6. The van der Waals surface area contributed by atoms with Crippen LogP contribution in [0.15, 0.2) is 78.9 Å². The van der Waals surface area contributed by atoms with Crippen LogP contribution in [0.4, 0.5) is 0 Å². The summed E-state index contributed by atoms with van der Waals surface area (Å²) in [7, 11) is 3.64. The van der Waals surface area contributed by atoms with Gasteiger partial charge in [-0.2, -0.15) is 0 Å². The maximum atomic E-state index is 12.6. The third-order valence-electron chi connectivity index (χ3n) is 5.96. The van der Waals surface area contributed by atoms with Crippen molar-refractivity contribution in [1.29, 1.82) is 0 Å². The minimum Gasteiger partial charge on any atom is -0.497 e. The van der Waals surface area contributed by atoms with Gasteiger partial charge in [0.15, 0.2) is 5.78 Å². The molecule has 0 atom stereocenters. The highest BCUT2D eigenvalue weighted by Gasteiger charge is 2.17. The molecule has 0 saturated heterocycles. The Morgan fingerprint density at radius 3 is 2.06 bits per heavy atom. The summed E-state index contributed by atoms with van der Waals surface area (Å²) in [5, 5.41) is 0. The van der Waals surface area contributed by atoms with Crippen molar-refractivity contribution in [3.8, 4) is 5.75 Å². The van der Waals surface area contributed by atoms with E-state index in [-0.39, 0.29) is 5.78 Å². The molecule has 31 heavy (non-hydrogen) atoms. The Bertz CT molecular complexity index is 1030. The number of carbonyl (C=O) groups is 1. The molecule has 0 aliphatic heterocycles. The molecule has 158 valence electrons. The first-order chi connectivity index (χ1) is 15.2. The Morgan fingerprint density at radius 2 is 1.48 bits per heavy atom. The van der Waals surface area contributed by atoms with E-state index >= 15 is 0 Å². The summed E-state index contributed by atoms with van der Waals surface area (Å²) in [4.78, 5) is 14.7. The first-order valence-electron chi connectivity index (χ1n) is 10.9. The molecule has 0 bridgehead atoms. The lowest BCUT2D eigenvalue weighted by Crippen LogP contribution is -2.26. The van der Waals surface area contributed by atoms with Gasteiger partial charge in [0.05, 0.1) is 13.7 Å². The molecule has 0 N–H and O–H groups in total. The van der Waals surface area contributed by atoms with E-state index in [1.165, 1.54) is 27.8 Å². The van der Waals surface area contributed by atoms with Gasteiger partial charge in [0.1, 0.15) is 5.75 Å². The number of aryl methyl sites for hydroxylation is 2. The zero-order valence-corrected chi connectivity index (χ0v) is 18.3. The van der Waals surface area contributed by atoms with E-state index in [0.717, 1.165) is 37.1 Å². The average molecular weight is 412 g/mol. The molecular weight excluding hydrogens is 382 g/mol. The largest absolute Gasteiger partial charge is 0.497 e. The number of methoxy groups -OCH3 is 1. The van der Waals surface area contributed by atoms with Gasteiger partial charge < -0.3 is 4.74 Å². The van der Waals surface area contributed by atoms with Gasteiger partial charge in [-0.25, -0.2) is 0 Å². The van der Waals surface area contributed by atoms with Crippen molar-refractivity contribution >= 4 is 11.4 Å². The number of carbonyl (C=O) groups excluding carboxylic acids is 1. The second-order valence-electron chi connectivity index (χ2n) is 8.11. The summed E-state index contributed by atoms with van der Waals surface area (Å²) in [5.74, 6) is 0.892. The number of Topliss-reactive ketones (excluding diaryl/α,β-unsaturated/α-hetero) is 1. The number of ether oxygens (including phenoxy) is 1. The minimum atomic E-state index is 0.128. The fraction of sp³-hybridized carbons (Fsp3) is 0.250. The highest BCUT2D eigenvalue weighted by molar-refractivity contribution is 5.97. The van der Waals surface area contributed by atoms with Crippen molar-refractivity contribution in [2.24, 2.45) is 0 Å². The molecule has 1 aliphatic carbocycles. The van der Waals surface area contributed by atoms with Crippen LogP contribution in [0.3, 0.4) is 0 Å². The first-order valence-corrected chi connectivity index (χ1v) is 10.9. The molecule has 3 nitrogen and oxygen atoms in total. The van der Waals surface area contributed by atoms with Gasteiger partial charge in [0, 0.05) is 12.1 Å². The molecule has 0 unspecified atom stereocenters. The molecule has 3 aromatic rings. The van der Waals surface area contributed by atoms with E-state index in [1.54, 1.807) is 7.11 Å². The summed E-state index contributed by atoms with van der Waals surface area (Å²) >= 11 is 0. The van der Waals surface area contributed by atoms with E-state index < -0.39 is 0 Å². The smallest absolute Gasteiger partial charge is 0.176 e. The highest BCUT2D eigenvalue weighted by Crippen LogP contribution is 2.33. The predicted molar refractivity (Wildman–Crippen MR) is 127 cm³/mol. The van der Waals surface area contributed by atoms with Crippen molar-refractivity contribution in [3.05, 3.63) is 107 Å². The maximum Gasteiger partial charge on any atom is 0.176 e. The van der Waals surface area contributed by atoms with Crippen molar-refractivity contribution in [2.45, 2.75) is 19.3 Å². The van der Waals surface area contributed by atoms with E-state index in [0.29, 0.717) is 6.54 Å². The molecule has 1 aliphatic rings. The van der Waals surface area contributed by atoms with Gasteiger partial charge in [0.25, 0.3) is 0 Å². The molecule has 0 saturated carbocycles. The lowest BCUT2D eigenvalue weighted by molar-refractivity contribution is 0.0947. The average Bonchev–Trinajstić information content (AvgIpc) is 2.96. The van der Waals surface area contributed by atoms with Crippen LogP contribution in [0.2, 0.25) is 0 Å². The molecule has 0 radical (unpaired) electrons. The number of rotatable bonds is 7. The number of likely N-dealkylation sites (N-methyl/N-ethyl adjacent to an activating group) is 1. The summed E-state index contributed by atoms with van der Waals surface area (Å²) < 4.78 is 5.17. The maximum absolute atomic E-state index is 12.6. The van der Waals surface area contributed by atoms with E-state index in [4.69, 9.17) is 4.74 Å². The van der Waals surface area contributed by atoms with Gasteiger partial charge in [-0.1, -0.05) is 54.6 Å². The van der Waals surface area contributed by atoms with Crippen LogP contribution in [0.1, 0.15) is 39.0 Å². The van der Waals surface area contributed by atoms with Gasteiger partial charge in [-0.05, 0) is 78.4 Å². The molecule has 3 aromatic carbocycles. The van der Waals surface area contributed by atoms with Crippen LogP contribution in [-0.2, 0) is 12.8 Å². The number of hydrogen-bond donors (Lipinski definition) is 0. The van der Waals surface area contributed by atoms with Crippen LogP contribution in [0, 0.1) is 0 Å². The summed E-state index contributed by atoms with van der Waals surface area (Å²) in [5.41, 5.74) is 7.53. The van der Waals surface area contributed by atoms with Crippen molar-refractivity contribution in [2.75, 3.05) is 27.2 Å². The quantitative estimate of drug-likeness (QED) is 0.486. The Morgan fingerprint density at radius 1 is 0.903 bits per heavy atom. The topological polar surface area (TPSA) is 29.5 Å². The number of hydrogen-bond acceptors (Lipinski definition) is 3. The highest BCUT2D eigenvalue weighted by atomic mass is 16.5. The number of ketones is 1. The Labute approximate surface area is 185 Å². The van der Waals surface area contributed by atoms with E-state index in [1.807, 2.05) is 31.3 Å². The SMILES string of the molecule is COc1ccc(C(=O)CN(C)CCC=C2c3ccccc3CCc3ccccc32)cc1. The standard InChI is InChI=1S/C28H29NO2/c1-29(20-28(30)23-15-17-24(31-2)18-16-23)19-7-12-27-25-10-5-3-8-21(25)13-14-22-9-4-6-11-26(22)27/h3-6,8-12,15-18H,7,13-14,19-20H2,1-2H3. The predicted octanol–water partition coefficient (Wildman–Crippen LogP) is 5.43. The molecule has 0 aromatic heterocycles. The zero-order valence-electron chi connectivity index (χ0n) is 18.3. The Kier molecular flexibility index (Phi) is 6.63. The van der Waals surface area contributed by atoms with Crippen LogP contribution >= 0.6 is 0 Å². The van der Waals surface area contributed by atoms with Crippen molar-refractivity contribution in [1.82, 2.24) is 4.90 Å². The number of nitrogens with zero attached hydrogens (tertiary/aromatic N) is 1. The summed E-state index contributed by atoms with van der Waals surface area (Å²) in [6.07, 6.45) is 5.38. The van der Waals surface area contributed by atoms with E-state index in [9.17, 15) is 4.79 Å². The van der Waals surface area contributed by atoms with Crippen molar-refractivity contribution < 1.29 is 9.53 Å². The lowest BCUT2D eigenvalue weighted by Gasteiger charge is -2.16. The molecule has 0 heterocycles.